The summed E-state index contributed by atoms with van der Waals surface area (Å²) in [7, 11) is -1.96. The molecule has 0 spiro atoms. The summed E-state index contributed by atoms with van der Waals surface area (Å²) in [4.78, 5) is 14.4. The van der Waals surface area contributed by atoms with E-state index in [0.717, 1.165) is 0 Å². The van der Waals surface area contributed by atoms with Crippen LogP contribution in [0.5, 0.6) is 0 Å². The molecule has 1 atom stereocenters. The molecular formula is C8H19NO4Si. The first-order chi connectivity index (χ1) is 6.06. The number of hydrogen-bond acceptors (Lipinski definition) is 4. The van der Waals surface area contributed by atoms with Crippen LogP contribution >= 0.6 is 0 Å². The molecule has 84 valence electrons. The number of rotatable bonds is 4. The van der Waals surface area contributed by atoms with Crippen molar-refractivity contribution in [3.05, 3.63) is 10.1 Å². The van der Waals surface area contributed by atoms with Gasteiger partial charge in [0.15, 0.2) is 14.6 Å². The molecule has 0 radical (unpaired) electrons. The minimum absolute atomic E-state index is 0.0290. The Morgan fingerprint density at radius 1 is 1.36 bits per heavy atom. The Hall–Kier alpha value is -0.623. The van der Waals surface area contributed by atoms with Crippen molar-refractivity contribution in [1.29, 1.82) is 0 Å². The fraction of sp³-hybridized carbons (Fsp3) is 1.00. The quantitative estimate of drug-likeness (QED) is 0.317. The molecule has 0 amide bonds. The van der Waals surface area contributed by atoms with Crippen LogP contribution < -0.4 is 0 Å². The Labute approximate surface area is 85.6 Å². The lowest BCUT2D eigenvalue weighted by atomic mass is 10.2. The maximum atomic E-state index is 10.1. The van der Waals surface area contributed by atoms with Gasteiger partial charge in [0, 0.05) is 0 Å². The average Bonchev–Trinajstić information content (AvgIpc) is 1.79. The predicted octanol–water partition coefficient (Wildman–Crippen LogP) is 2.56. The normalized spacial score (nSPS) is 15.0. The maximum Gasteiger partial charge on any atom is 0.297 e. The molecular weight excluding hydrogens is 202 g/mol. The zero-order valence-electron chi connectivity index (χ0n) is 9.66. The van der Waals surface area contributed by atoms with E-state index in [0.29, 0.717) is 0 Å². The van der Waals surface area contributed by atoms with E-state index in [-0.39, 0.29) is 5.04 Å². The summed E-state index contributed by atoms with van der Waals surface area (Å²) in [6.45, 7) is 11.8. The van der Waals surface area contributed by atoms with Crippen molar-refractivity contribution < 1.29 is 14.4 Å². The number of hydrogen-bond donors (Lipinski definition) is 0. The van der Waals surface area contributed by atoms with E-state index in [1.54, 1.807) is 6.92 Å². The van der Waals surface area contributed by atoms with Gasteiger partial charge in [-0.1, -0.05) is 20.8 Å². The molecule has 0 bridgehead atoms. The molecule has 0 aliphatic carbocycles. The minimum Gasteiger partial charge on any atom is -0.393 e. The first-order valence-electron chi connectivity index (χ1n) is 4.55. The van der Waals surface area contributed by atoms with E-state index in [9.17, 15) is 10.1 Å². The lowest BCUT2D eigenvalue weighted by molar-refractivity contribution is -0.777. The Morgan fingerprint density at radius 3 is 2.07 bits per heavy atom. The first kappa shape index (κ1) is 13.4. The van der Waals surface area contributed by atoms with Crippen LogP contribution in [0.4, 0.5) is 0 Å². The Balaban J connectivity index is 4.29. The fourth-order valence-electron chi connectivity index (χ4n) is 0.734. The van der Waals surface area contributed by atoms with E-state index in [2.05, 4.69) is 25.6 Å². The van der Waals surface area contributed by atoms with Gasteiger partial charge < -0.3 is 4.43 Å². The van der Waals surface area contributed by atoms with Gasteiger partial charge in [0.2, 0.25) is 0 Å². The SMILES string of the molecule is CC(O[N+](=O)[O-])O[Si](C)(C)C(C)(C)C. The minimum atomic E-state index is -1.96. The van der Waals surface area contributed by atoms with Gasteiger partial charge in [-0.15, -0.1) is 10.1 Å². The van der Waals surface area contributed by atoms with Gasteiger partial charge in [0.1, 0.15) is 0 Å². The van der Waals surface area contributed by atoms with Crippen molar-refractivity contribution in [2.24, 2.45) is 0 Å². The molecule has 0 fully saturated rings. The molecule has 1 unspecified atom stereocenters. The van der Waals surface area contributed by atoms with E-state index in [1.165, 1.54) is 0 Å². The van der Waals surface area contributed by atoms with Crippen molar-refractivity contribution in [1.82, 2.24) is 0 Å². The van der Waals surface area contributed by atoms with Crippen molar-refractivity contribution >= 4 is 8.32 Å². The fourth-order valence-corrected chi connectivity index (χ4v) is 1.96. The zero-order chi connectivity index (χ0) is 11.6. The molecule has 0 heterocycles. The Morgan fingerprint density at radius 2 is 1.79 bits per heavy atom. The summed E-state index contributed by atoms with van der Waals surface area (Å²) in [6.07, 6.45) is -0.786. The van der Waals surface area contributed by atoms with Gasteiger partial charge in [-0.2, -0.15) is 0 Å². The molecule has 0 aromatic carbocycles. The van der Waals surface area contributed by atoms with Crippen LogP contribution in [-0.2, 0) is 9.26 Å². The molecule has 0 aromatic rings. The van der Waals surface area contributed by atoms with Gasteiger partial charge >= 0.3 is 0 Å². The molecule has 0 rings (SSSR count). The van der Waals surface area contributed by atoms with E-state index < -0.39 is 19.7 Å². The smallest absolute Gasteiger partial charge is 0.297 e. The van der Waals surface area contributed by atoms with Crippen molar-refractivity contribution in [3.8, 4) is 0 Å². The van der Waals surface area contributed by atoms with Crippen LogP contribution in [0.1, 0.15) is 27.7 Å². The second-order valence-electron chi connectivity index (χ2n) is 4.77. The van der Waals surface area contributed by atoms with Crippen LogP contribution in [-0.4, -0.2) is 19.7 Å². The molecule has 0 saturated carbocycles. The molecule has 0 N–H and O–H groups in total. The zero-order valence-corrected chi connectivity index (χ0v) is 10.7. The highest BCUT2D eigenvalue weighted by Gasteiger charge is 2.39. The van der Waals surface area contributed by atoms with Crippen LogP contribution in [0.2, 0.25) is 18.1 Å². The van der Waals surface area contributed by atoms with Gasteiger partial charge in [0.05, 0.1) is 0 Å². The third-order valence-corrected chi connectivity index (χ3v) is 7.03. The molecule has 5 nitrogen and oxygen atoms in total. The molecule has 0 aromatic heterocycles. The average molecular weight is 221 g/mol. The summed E-state index contributed by atoms with van der Waals surface area (Å²) in [5.41, 5.74) is 0. The van der Waals surface area contributed by atoms with Crippen LogP contribution in [0.15, 0.2) is 0 Å². The highest BCUT2D eigenvalue weighted by Crippen LogP contribution is 2.37. The number of nitrogens with zero attached hydrogens (tertiary/aromatic N) is 1. The standard InChI is InChI=1S/C8H19NO4Si/c1-7(12-9(10)11)13-14(5,6)8(2,3)4/h7H,1-6H3. The van der Waals surface area contributed by atoms with E-state index in [4.69, 9.17) is 4.43 Å². The molecule has 0 saturated heterocycles. The van der Waals surface area contributed by atoms with Gasteiger partial charge in [0.25, 0.3) is 5.09 Å². The van der Waals surface area contributed by atoms with E-state index in [1.807, 2.05) is 13.1 Å². The van der Waals surface area contributed by atoms with Crippen molar-refractivity contribution in [3.63, 3.8) is 0 Å². The molecule has 14 heavy (non-hydrogen) atoms. The lowest BCUT2D eigenvalue weighted by Crippen LogP contribution is -2.44. The molecule has 6 heteroatoms. The second kappa shape index (κ2) is 4.27. The predicted molar refractivity (Wildman–Crippen MR) is 55.8 cm³/mol. The maximum absolute atomic E-state index is 10.1. The second-order valence-corrected chi connectivity index (χ2v) is 9.53. The highest BCUT2D eigenvalue weighted by molar-refractivity contribution is 6.74. The summed E-state index contributed by atoms with van der Waals surface area (Å²) in [5, 5.41) is 9.27. The Bertz CT molecular complexity index is 212. The molecule has 0 aliphatic rings. The van der Waals surface area contributed by atoms with Gasteiger partial charge in [-0.05, 0) is 25.1 Å². The summed E-state index contributed by atoms with van der Waals surface area (Å²) in [6, 6.07) is 0. The van der Waals surface area contributed by atoms with Gasteiger partial charge in [-0.25, -0.2) is 0 Å². The third kappa shape index (κ3) is 4.06. The lowest BCUT2D eigenvalue weighted by Gasteiger charge is -2.37. The monoisotopic (exact) mass is 221 g/mol. The third-order valence-electron chi connectivity index (χ3n) is 2.50. The largest absolute Gasteiger partial charge is 0.393 e. The highest BCUT2D eigenvalue weighted by atomic mass is 28.4. The summed E-state index contributed by atoms with van der Waals surface area (Å²) >= 11 is 0. The van der Waals surface area contributed by atoms with E-state index >= 15 is 0 Å². The van der Waals surface area contributed by atoms with Crippen LogP contribution in [0, 0.1) is 10.1 Å². The first-order valence-corrected chi connectivity index (χ1v) is 7.46. The summed E-state index contributed by atoms with van der Waals surface area (Å²) in [5.74, 6) is 0. The van der Waals surface area contributed by atoms with Crippen LogP contribution in [0.25, 0.3) is 0 Å². The van der Waals surface area contributed by atoms with Crippen LogP contribution in [0.3, 0.4) is 0 Å². The molecule has 0 aliphatic heterocycles. The van der Waals surface area contributed by atoms with Gasteiger partial charge in [-0.3, -0.25) is 4.84 Å². The van der Waals surface area contributed by atoms with Crippen molar-refractivity contribution in [2.45, 2.75) is 52.1 Å². The van der Waals surface area contributed by atoms with Crippen molar-refractivity contribution in [2.75, 3.05) is 0 Å². The Kier molecular flexibility index (Phi) is 4.08. The topological polar surface area (TPSA) is 61.6 Å². The summed E-state index contributed by atoms with van der Waals surface area (Å²) < 4.78 is 5.59.